The van der Waals surface area contributed by atoms with Crippen molar-refractivity contribution in [2.75, 3.05) is 0 Å². The fourth-order valence-corrected chi connectivity index (χ4v) is 7.24. The molecule has 0 saturated heterocycles. The van der Waals surface area contributed by atoms with Crippen molar-refractivity contribution in [2.45, 2.75) is 70.2 Å². The van der Waals surface area contributed by atoms with Gasteiger partial charge in [-0.25, -0.2) is 4.39 Å². The third-order valence-electron chi connectivity index (χ3n) is 8.27. The average Bonchev–Trinajstić information content (AvgIpc) is 2.87. The number of alkyl halides is 2. The molecule has 10 atom stereocenters. The van der Waals surface area contributed by atoms with E-state index in [1.807, 2.05) is 13.0 Å². The van der Waals surface area contributed by atoms with E-state index in [0.717, 1.165) is 6.42 Å². The van der Waals surface area contributed by atoms with Crippen LogP contribution in [-0.2, 0) is 14.3 Å². The zero-order valence-electron chi connectivity index (χ0n) is 17.4. The van der Waals surface area contributed by atoms with E-state index in [9.17, 15) is 14.7 Å². The van der Waals surface area contributed by atoms with Gasteiger partial charge in [0.1, 0.15) is 17.1 Å². The fourth-order valence-electron chi connectivity index (χ4n) is 7.13. The first-order valence-corrected chi connectivity index (χ1v) is 11.5. The predicted octanol–water partition coefficient (Wildman–Crippen LogP) is 4.15. The van der Waals surface area contributed by atoms with Crippen LogP contribution >= 0.6 is 15.9 Å². The molecule has 0 aromatic rings. The van der Waals surface area contributed by atoms with Crippen molar-refractivity contribution in [3.8, 4) is 0 Å². The lowest BCUT2D eigenvalue weighted by molar-refractivity contribution is -0.171. The molecule has 6 heteroatoms. The van der Waals surface area contributed by atoms with Crippen molar-refractivity contribution in [1.29, 1.82) is 0 Å². The van der Waals surface area contributed by atoms with Gasteiger partial charge in [-0.3, -0.25) is 9.59 Å². The van der Waals surface area contributed by atoms with Crippen LogP contribution in [0.2, 0.25) is 0 Å². The SMILES string of the molecule is CC(Br)C(=O)O[C@@H]1[C@H](C)C[C@H]2[C@@H]3C[C@H](F)C4=CC(=O)C=C[C@]4(C)[C@H]3[C@@H](O)C[C@]12C. The smallest absolute Gasteiger partial charge is 0.319 e. The number of allylic oxidation sites excluding steroid dienone is 4. The summed E-state index contributed by atoms with van der Waals surface area (Å²) in [6.45, 7) is 7.88. The van der Waals surface area contributed by atoms with Gasteiger partial charge in [0.25, 0.3) is 0 Å². The molecule has 4 nitrogen and oxygen atoms in total. The van der Waals surface area contributed by atoms with E-state index >= 15 is 4.39 Å². The molecule has 4 aliphatic carbocycles. The molecule has 3 fully saturated rings. The molecule has 0 bridgehead atoms. The Morgan fingerprint density at radius 1 is 1.38 bits per heavy atom. The second-order valence-electron chi connectivity index (χ2n) is 10.1. The molecule has 0 radical (unpaired) electrons. The second-order valence-corrected chi connectivity index (χ2v) is 11.5. The summed E-state index contributed by atoms with van der Waals surface area (Å²) in [4.78, 5) is 23.8. The Hall–Kier alpha value is -1.01. The van der Waals surface area contributed by atoms with E-state index in [4.69, 9.17) is 4.74 Å². The lowest BCUT2D eigenvalue weighted by atomic mass is 9.47. The summed E-state index contributed by atoms with van der Waals surface area (Å²) in [5.74, 6) is -0.321. The Balaban J connectivity index is 1.71. The standard InChI is InChI=1S/C23H30BrFO4/c1-11-7-15-14-9-17(25)16-8-13(26)5-6-22(16,3)19(14)18(27)10-23(15,4)20(11)29-21(28)12(2)24/h5-6,8,11-12,14-15,17-20,27H,7,9-10H2,1-4H3/t11-,12?,14+,15+,17+,18+,19-,20-,22+,23+/m1/s1. The lowest BCUT2D eigenvalue weighted by Gasteiger charge is -2.59. The number of carbonyl (C=O) groups excluding carboxylic acids is 2. The van der Waals surface area contributed by atoms with Crippen molar-refractivity contribution < 1.29 is 23.8 Å². The van der Waals surface area contributed by atoms with Gasteiger partial charge in [-0.15, -0.1) is 0 Å². The predicted molar refractivity (Wildman–Crippen MR) is 111 cm³/mol. The Morgan fingerprint density at radius 2 is 2.07 bits per heavy atom. The average molecular weight is 469 g/mol. The first-order chi connectivity index (χ1) is 13.5. The van der Waals surface area contributed by atoms with Crippen LogP contribution in [0.5, 0.6) is 0 Å². The lowest BCUT2D eigenvalue weighted by Crippen LogP contribution is -2.58. The van der Waals surface area contributed by atoms with Gasteiger partial charge in [-0.05, 0) is 61.7 Å². The van der Waals surface area contributed by atoms with Gasteiger partial charge in [-0.2, -0.15) is 0 Å². The molecule has 0 aliphatic heterocycles. The second kappa shape index (κ2) is 7.01. The number of esters is 1. The molecule has 29 heavy (non-hydrogen) atoms. The number of ether oxygens (including phenoxy) is 1. The van der Waals surface area contributed by atoms with E-state index < -0.39 is 17.7 Å². The zero-order chi connectivity index (χ0) is 21.3. The van der Waals surface area contributed by atoms with Crippen molar-refractivity contribution in [1.82, 2.24) is 0 Å². The molecule has 160 valence electrons. The van der Waals surface area contributed by atoms with E-state index in [1.54, 1.807) is 6.92 Å². The Bertz CT molecular complexity index is 792. The number of aliphatic hydroxyl groups excluding tert-OH is 1. The Kier molecular flexibility index (Phi) is 5.13. The number of ketones is 1. The summed E-state index contributed by atoms with van der Waals surface area (Å²) in [5.41, 5.74) is -0.529. The molecule has 1 N–H and O–H groups in total. The van der Waals surface area contributed by atoms with Gasteiger partial charge in [0, 0.05) is 16.7 Å². The summed E-state index contributed by atoms with van der Waals surface area (Å²) in [6, 6.07) is 0. The van der Waals surface area contributed by atoms with Crippen LogP contribution in [0.4, 0.5) is 4.39 Å². The molecule has 4 aliphatic rings. The number of halogens is 2. The summed E-state index contributed by atoms with van der Waals surface area (Å²) in [7, 11) is 0. The Morgan fingerprint density at radius 3 is 2.72 bits per heavy atom. The van der Waals surface area contributed by atoms with Gasteiger partial charge in [-0.1, -0.05) is 42.8 Å². The summed E-state index contributed by atoms with van der Waals surface area (Å²) in [5, 5.41) is 11.3. The van der Waals surface area contributed by atoms with Crippen LogP contribution in [0, 0.1) is 34.5 Å². The maximum atomic E-state index is 15.3. The number of aliphatic hydroxyl groups is 1. The van der Waals surface area contributed by atoms with Gasteiger partial charge < -0.3 is 9.84 Å². The normalized spacial score (nSPS) is 49.6. The van der Waals surface area contributed by atoms with Crippen molar-refractivity contribution in [3.63, 3.8) is 0 Å². The van der Waals surface area contributed by atoms with Crippen LogP contribution < -0.4 is 0 Å². The summed E-state index contributed by atoms with van der Waals surface area (Å²) >= 11 is 3.28. The number of rotatable bonds is 2. The quantitative estimate of drug-likeness (QED) is 0.488. The summed E-state index contributed by atoms with van der Waals surface area (Å²) < 4.78 is 21.2. The molecule has 0 heterocycles. The van der Waals surface area contributed by atoms with Gasteiger partial charge in [0.2, 0.25) is 0 Å². The number of hydrogen-bond donors (Lipinski definition) is 1. The topological polar surface area (TPSA) is 63.6 Å². The minimum Gasteiger partial charge on any atom is -0.461 e. The number of fused-ring (bicyclic) bond motifs is 5. The molecule has 4 rings (SSSR count). The molecular weight excluding hydrogens is 439 g/mol. The maximum absolute atomic E-state index is 15.3. The van der Waals surface area contributed by atoms with Crippen LogP contribution in [0.15, 0.2) is 23.8 Å². The molecule has 0 aromatic heterocycles. The zero-order valence-corrected chi connectivity index (χ0v) is 19.0. The van der Waals surface area contributed by atoms with Gasteiger partial charge >= 0.3 is 5.97 Å². The van der Waals surface area contributed by atoms with E-state index in [0.29, 0.717) is 18.4 Å². The van der Waals surface area contributed by atoms with E-state index in [1.165, 1.54) is 12.2 Å². The Labute approximate surface area is 180 Å². The molecule has 0 spiro atoms. The highest BCUT2D eigenvalue weighted by Crippen LogP contribution is 2.66. The minimum atomic E-state index is -1.19. The molecule has 0 amide bonds. The first-order valence-electron chi connectivity index (χ1n) is 10.6. The maximum Gasteiger partial charge on any atom is 0.319 e. The molecule has 1 unspecified atom stereocenters. The molecule has 3 saturated carbocycles. The fraction of sp³-hybridized carbons (Fsp3) is 0.739. The van der Waals surface area contributed by atoms with Gasteiger partial charge in [0.15, 0.2) is 5.78 Å². The van der Waals surface area contributed by atoms with E-state index in [-0.39, 0.29) is 51.8 Å². The van der Waals surface area contributed by atoms with Gasteiger partial charge in [0.05, 0.1) is 6.10 Å². The van der Waals surface area contributed by atoms with Crippen LogP contribution in [0.3, 0.4) is 0 Å². The largest absolute Gasteiger partial charge is 0.461 e. The van der Waals surface area contributed by atoms with Crippen molar-refractivity contribution in [3.05, 3.63) is 23.8 Å². The highest BCUT2D eigenvalue weighted by atomic mass is 79.9. The third kappa shape index (κ3) is 3.08. The highest BCUT2D eigenvalue weighted by Gasteiger charge is 2.65. The molecular formula is C23H30BrFO4. The number of hydrogen-bond acceptors (Lipinski definition) is 4. The van der Waals surface area contributed by atoms with Crippen molar-refractivity contribution >= 4 is 27.7 Å². The summed E-state index contributed by atoms with van der Waals surface area (Å²) in [6.07, 6.45) is 4.30. The van der Waals surface area contributed by atoms with Crippen LogP contribution in [0.1, 0.15) is 47.0 Å². The van der Waals surface area contributed by atoms with Crippen molar-refractivity contribution in [2.24, 2.45) is 34.5 Å². The molecule has 0 aromatic carbocycles. The minimum absolute atomic E-state index is 0.0219. The van der Waals surface area contributed by atoms with Crippen LogP contribution in [-0.4, -0.2) is 40.1 Å². The van der Waals surface area contributed by atoms with Crippen LogP contribution in [0.25, 0.3) is 0 Å². The number of carbonyl (C=O) groups is 2. The highest BCUT2D eigenvalue weighted by molar-refractivity contribution is 9.10. The monoisotopic (exact) mass is 468 g/mol. The first kappa shape index (κ1) is 21.2. The van der Waals surface area contributed by atoms with E-state index in [2.05, 4.69) is 29.8 Å². The third-order valence-corrected chi connectivity index (χ3v) is 8.65.